The van der Waals surface area contributed by atoms with Gasteiger partial charge in [-0.3, -0.25) is 0 Å². The van der Waals surface area contributed by atoms with Crippen LogP contribution in [0.5, 0.6) is 0 Å². The molecule has 0 aliphatic carbocycles. The fourth-order valence-electron chi connectivity index (χ4n) is 8.55. The van der Waals surface area contributed by atoms with Crippen molar-refractivity contribution in [1.29, 1.82) is 0 Å². The largest absolute Gasteiger partial charge is 0.455 e. The van der Waals surface area contributed by atoms with Crippen LogP contribution in [0, 0.1) is 0 Å². The second-order valence-electron chi connectivity index (χ2n) is 14.7. The molecule has 0 amide bonds. The van der Waals surface area contributed by atoms with Crippen LogP contribution in [0.4, 0.5) is 0 Å². The third kappa shape index (κ3) is 5.25. The molecular weight excluding hydrogens is 727 g/mol. The molecule has 0 saturated carbocycles. The Kier molecular flexibility index (Phi) is 7.37. The van der Waals surface area contributed by atoms with E-state index < -0.39 is 0 Å². The summed E-state index contributed by atoms with van der Waals surface area (Å²) in [4.78, 5) is 15.6. The number of para-hydroxylation sites is 1. The molecule has 0 atom stereocenters. The molecule has 58 heavy (non-hydrogen) atoms. The predicted molar refractivity (Wildman–Crippen MR) is 242 cm³/mol. The van der Waals surface area contributed by atoms with E-state index in [1.807, 2.05) is 12.1 Å². The molecule has 0 spiro atoms. The van der Waals surface area contributed by atoms with Crippen molar-refractivity contribution in [2.75, 3.05) is 0 Å². The molecule has 270 valence electrons. The minimum Gasteiger partial charge on any atom is -0.455 e. The third-order valence-corrected chi connectivity index (χ3v) is 12.5. The van der Waals surface area contributed by atoms with Crippen LogP contribution in [0.15, 0.2) is 192 Å². The van der Waals surface area contributed by atoms with Crippen LogP contribution in [0.3, 0.4) is 0 Å². The predicted octanol–water partition coefficient (Wildman–Crippen LogP) is 14.8. The highest BCUT2D eigenvalue weighted by atomic mass is 32.1. The van der Waals surface area contributed by atoms with E-state index >= 15 is 0 Å². The zero-order valence-corrected chi connectivity index (χ0v) is 31.9. The highest BCUT2D eigenvalue weighted by molar-refractivity contribution is 7.26. The number of rotatable bonds is 5. The van der Waals surface area contributed by atoms with Crippen LogP contribution < -0.4 is 0 Å². The van der Waals surface area contributed by atoms with Gasteiger partial charge in [0.2, 0.25) is 0 Å². The average molecular weight is 758 g/mol. The first-order chi connectivity index (χ1) is 28.7. The van der Waals surface area contributed by atoms with Crippen LogP contribution in [0.1, 0.15) is 0 Å². The highest BCUT2D eigenvalue weighted by Gasteiger charge is 2.22. The third-order valence-electron chi connectivity index (χ3n) is 11.3. The molecule has 0 aliphatic rings. The van der Waals surface area contributed by atoms with E-state index in [1.165, 1.54) is 31.1 Å². The lowest BCUT2D eigenvalue weighted by Gasteiger charge is -2.11. The lowest BCUT2D eigenvalue weighted by molar-refractivity contribution is 0.670. The molecule has 3 heterocycles. The van der Waals surface area contributed by atoms with Crippen LogP contribution in [-0.2, 0) is 0 Å². The first kappa shape index (κ1) is 32.7. The molecule has 4 nitrogen and oxygen atoms in total. The Hall–Kier alpha value is -7.47. The maximum absolute atomic E-state index is 6.71. The van der Waals surface area contributed by atoms with E-state index in [2.05, 4.69) is 176 Å². The van der Waals surface area contributed by atoms with E-state index in [1.54, 1.807) is 11.3 Å². The van der Waals surface area contributed by atoms with Gasteiger partial charge in [-0.15, -0.1) is 11.3 Å². The van der Waals surface area contributed by atoms with Crippen molar-refractivity contribution in [3.05, 3.63) is 188 Å². The first-order valence-corrected chi connectivity index (χ1v) is 20.2. The number of fused-ring (bicyclic) bond motifs is 9. The van der Waals surface area contributed by atoms with E-state index in [-0.39, 0.29) is 0 Å². The van der Waals surface area contributed by atoms with Gasteiger partial charge in [-0.1, -0.05) is 164 Å². The van der Waals surface area contributed by atoms with Gasteiger partial charge >= 0.3 is 0 Å². The Morgan fingerprint density at radius 3 is 1.84 bits per heavy atom. The smallest absolute Gasteiger partial charge is 0.164 e. The van der Waals surface area contributed by atoms with Crippen molar-refractivity contribution in [3.8, 4) is 56.4 Å². The summed E-state index contributed by atoms with van der Waals surface area (Å²) in [6.45, 7) is 0. The molecule has 12 rings (SSSR count). The van der Waals surface area contributed by atoms with Crippen LogP contribution in [0.25, 0.3) is 120 Å². The molecule has 0 saturated heterocycles. The summed E-state index contributed by atoms with van der Waals surface area (Å²) in [5, 5.41) is 9.27. The standard InChI is InChI=1S/C53H31N3OS/c1-2-12-32(13-3-1)34-24-27-35(28-25-34)51-54-52(38-29-26-33-14-4-5-15-36(33)30-38)56-53(55-51)43-21-11-23-46-47(43)42-20-10-19-40(50(42)58-46)44-31-37-16-6-7-17-39(37)48-41-18-8-9-22-45(41)57-49(44)48/h1-31H. The summed E-state index contributed by atoms with van der Waals surface area (Å²) in [6, 6.07) is 66.1. The lowest BCUT2D eigenvalue weighted by atomic mass is 9.95. The quantitative estimate of drug-likeness (QED) is 0.175. The molecule has 0 bridgehead atoms. The molecule has 0 unspecified atom stereocenters. The number of furan rings is 1. The zero-order valence-electron chi connectivity index (χ0n) is 31.1. The molecule has 9 aromatic carbocycles. The van der Waals surface area contributed by atoms with Crippen molar-refractivity contribution in [1.82, 2.24) is 15.0 Å². The Morgan fingerprint density at radius 1 is 0.362 bits per heavy atom. The van der Waals surface area contributed by atoms with E-state index in [9.17, 15) is 0 Å². The van der Waals surface area contributed by atoms with Gasteiger partial charge in [-0.05, 0) is 56.9 Å². The molecule has 0 aliphatic heterocycles. The summed E-state index contributed by atoms with van der Waals surface area (Å²) in [7, 11) is 0. The second kappa shape index (κ2) is 13.1. The first-order valence-electron chi connectivity index (χ1n) is 19.4. The molecule has 5 heteroatoms. The zero-order chi connectivity index (χ0) is 38.2. The monoisotopic (exact) mass is 757 g/mol. The highest BCUT2D eigenvalue weighted by Crippen LogP contribution is 2.47. The number of aromatic nitrogens is 3. The number of nitrogens with zero attached hydrogens (tertiary/aromatic N) is 3. The topological polar surface area (TPSA) is 51.8 Å². The summed E-state index contributed by atoms with van der Waals surface area (Å²) < 4.78 is 9.08. The summed E-state index contributed by atoms with van der Waals surface area (Å²) in [5.74, 6) is 1.91. The molecule has 0 fully saturated rings. The molecule has 3 aromatic heterocycles. The lowest BCUT2D eigenvalue weighted by Crippen LogP contribution is -2.00. The van der Waals surface area contributed by atoms with Gasteiger partial charge in [-0.2, -0.15) is 0 Å². The molecular formula is C53H31N3OS. The van der Waals surface area contributed by atoms with Gasteiger partial charge in [0.25, 0.3) is 0 Å². The summed E-state index contributed by atoms with van der Waals surface area (Å²) >= 11 is 1.80. The van der Waals surface area contributed by atoms with Crippen LogP contribution in [0.2, 0.25) is 0 Å². The molecule has 0 N–H and O–H groups in total. The Bertz CT molecular complexity index is 3570. The molecule has 12 aromatic rings. The van der Waals surface area contributed by atoms with Crippen LogP contribution >= 0.6 is 11.3 Å². The summed E-state index contributed by atoms with van der Waals surface area (Å²) in [6.07, 6.45) is 0. The average Bonchev–Trinajstić information content (AvgIpc) is 3.88. The maximum atomic E-state index is 6.71. The van der Waals surface area contributed by atoms with Crippen molar-refractivity contribution in [3.63, 3.8) is 0 Å². The van der Waals surface area contributed by atoms with Crippen LogP contribution in [-0.4, -0.2) is 15.0 Å². The van der Waals surface area contributed by atoms with Gasteiger partial charge in [0, 0.05) is 58.8 Å². The SMILES string of the molecule is c1ccc(-c2ccc(-c3nc(-c4ccc5ccccc5c4)nc(-c4cccc5sc6c(-c7cc8ccccc8c8c7oc7ccccc78)cccc6c45)n3)cc2)cc1. The van der Waals surface area contributed by atoms with Gasteiger partial charge in [0.05, 0.1) is 0 Å². The van der Waals surface area contributed by atoms with E-state index in [0.29, 0.717) is 17.5 Å². The Balaban J connectivity index is 1.07. The molecule has 0 radical (unpaired) electrons. The number of thiophene rings is 1. The van der Waals surface area contributed by atoms with Crippen molar-refractivity contribution in [2.45, 2.75) is 0 Å². The Labute approximate surface area is 337 Å². The van der Waals surface area contributed by atoms with Crippen molar-refractivity contribution >= 4 is 75.0 Å². The van der Waals surface area contributed by atoms with Gasteiger partial charge in [0.15, 0.2) is 17.5 Å². The maximum Gasteiger partial charge on any atom is 0.164 e. The second-order valence-corrected chi connectivity index (χ2v) is 15.8. The van der Waals surface area contributed by atoms with Gasteiger partial charge in [0.1, 0.15) is 11.2 Å². The minimum absolute atomic E-state index is 0.633. The van der Waals surface area contributed by atoms with Gasteiger partial charge < -0.3 is 4.42 Å². The van der Waals surface area contributed by atoms with Crippen molar-refractivity contribution < 1.29 is 4.42 Å². The summed E-state index contributed by atoms with van der Waals surface area (Å²) in [5.41, 5.74) is 9.19. The number of benzene rings is 9. The normalized spacial score (nSPS) is 11.8. The minimum atomic E-state index is 0.633. The fraction of sp³-hybridized carbons (Fsp3) is 0. The van der Waals surface area contributed by atoms with E-state index in [4.69, 9.17) is 19.4 Å². The fourth-order valence-corrected chi connectivity index (χ4v) is 9.80. The number of hydrogen-bond donors (Lipinski definition) is 0. The van der Waals surface area contributed by atoms with Gasteiger partial charge in [-0.25, -0.2) is 15.0 Å². The van der Waals surface area contributed by atoms with Crippen molar-refractivity contribution in [2.24, 2.45) is 0 Å². The number of hydrogen-bond acceptors (Lipinski definition) is 5. The van der Waals surface area contributed by atoms with E-state index in [0.717, 1.165) is 71.5 Å². The Morgan fingerprint density at radius 2 is 0.983 bits per heavy atom.